The van der Waals surface area contributed by atoms with Gasteiger partial charge >= 0.3 is 10.2 Å². The second kappa shape index (κ2) is 5.67. The van der Waals surface area contributed by atoms with Gasteiger partial charge in [0.05, 0.1) is 6.20 Å². The van der Waals surface area contributed by atoms with Crippen molar-refractivity contribution in [3.63, 3.8) is 0 Å². The summed E-state index contributed by atoms with van der Waals surface area (Å²) in [5.74, 6) is -0.698. The maximum absolute atomic E-state index is 12.1. The van der Waals surface area contributed by atoms with E-state index in [2.05, 4.69) is 0 Å². The van der Waals surface area contributed by atoms with Gasteiger partial charge in [0.2, 0.25) is 5.88 Å². The zero-order valence-electron chi connectivity index (χ0n) is 13.8. The van der Waals surface area contributed by atoms with Crippen molar-refractivity contribution in [3.8, 4) is 16.9 Å². The highest BCUT2D eigenvalue weighted by Crippen LogP contribution is 2.37. The van der Waals surface area contributed by atoms with Crippen LogP contribution in [-0.2, 0) is 10.2 Å². The minimum absolute atomic E-state index is 0.0657. The largest absolute Gasteiger partial charge is 0.506 e. The Morgan fingerprint density at radius 3 is 2.42 bits per heavy atom. The van der Waals surface area contributed by atoms with Gasteiger partial charge in [-0.2, -0.15) is 8.42 Å². The van der Waals surface area contributed by atoms with Crippen molar-refractivity contribution in [1.82, 2.24) is 4.72 Å². The molecule has 0 radical (unpaired) electrons. The Morgan fingerprint density at radius 2 is 1.73 bits per heavy atom. The van der Waals surface area contributed by atoms with Crippen LogP contribution < -0.4 is 9.03 Å². The van der Waals surface area contributed by atoms with Gasteiger partial charge in [-0.15, -0.1) is 0 Å². The first-order chi connectivity index (χ1) is 12.3. The van der Waals surface area contributed by atoms with Crippen LogP contribution in [0.3, 0.4) is 0 Å². The van der Waals surface area contributed by atoms with Crippen molar-refractivity contribution >= 4 is 26.7 Å². The summed E-state index contributed by atoms with van der Waals surface area (Å²) in [6, 6.07) is 16.9. The summed E-state index contributed by atoms with van der Waals surface area (Å²) in [6.45, 7) is 2.03. The molecular weight excluding hydrogens is 352 g/mol. The highest BCUT2D eigenvalue weighted by Gasteiger charge is 2.30. The summed E-state index contributed by atoms with van der Waals surface area (Å²) in [5, 5.41) is 21.3. The number of fused-ring (bicyclic) bond motifs is 1. The molecule has 0 saturated carbocycles. The molecule has 0 unspecified atom stereocenters. The maximum atomic E-state index is 12.1. The standard InChI is InChI=1S/C19H16N2O4S/c1-12-4-2-3-5-16(12)14-7-6-13-10-18(22)17(9-15(13)8-14)21-11-19(23)20-26(21,24)25/h2-11,20,22-23H,1H3. The van der Waals surface area contributed by atoms with Crippen LogP contribution in [-0.4, -0.2) is 18.6 Å². The molecule has 7 heteroatoms. The van der Waals surface area contributed by atoms with E-state index in [1.165, 1.54) is 6.07 Å². The molecule has 1 aliphatic heterocycles. The topological polar surface area (TPSA) is 89.9 Å². The molecule has 0 amide bonds. The van der Waals surface area contributed by atoms with Crippen molar-refractivity contribution in [3.05, 3.63) is 72.2 Å². The molecule has 1 heterocycles. The van der Waals surface area contributed by atoms with E-state index in [1.807, 2.05) is 54.1 Å². The van der Waals surface area contributed by atoms with E-state index in [0.717, 1.165) is 38.0 Å². The zero-order valence-corrected chi connectivity index (χ0v) is 14.7. The van der Waals surface area contributed by atoms with E-state index in [0.29, 0.717) is 0 Å². The molecule has 0 aromatic heterocycles. The molecule has 0 saturated heterocycles. The van der Waals surface area contributed by atoms with Gasteiger partial charge in [-0.1, -0.05) is 36.4 Å². The van der Waals surface area contributed by atoms with Gasteiger partial charge in [0.25, 0.3) is 0 Å². The summed E-state index contributed by atoms with van der Waals surface area (Å²) >= 11 is 0. The molecule has 3 aromatic rings. The highest BCUT2D eigenvalue weighted by atomic mass is 32.2. The van der Waals surface area contributed by atoms with E-state index in [-0.39, 0.29) is 11.4 Å². The number of aliphatic hydroxyl groups excluding tert-OH is 1. The van der Waals surface area contributed by atoms with Crippen LogP contribution in [0.5, 0.6) is 5.75 Å². The third-order valence-electron chi connectivity index (χ3n) is 4.36. The van der Waals surface area contributed by atoms with E-state index < -0.39 is 16.1 Å². The Balaban J connectivity index is 1.89. The average molecular weight is 368 g/mol. The molecule has 0 aliphatic carbocycles. The lowest BCUT2D eigenvalue weighted by atomic mass is 9.97. The predicted octanol–water partition coefficient (Wildman–Crippen LogP) is 3.53. The van der Waals surface area contributed by atoms with Crippen LogP contribution >= 0.6 is 0 Å². The SMILES string of the molecule is Cc1ccccc1-c1ccc2cc(O)c(N3C=C(O)NS3(=O)=O)cc2c1. The maximum Gasteiger partial charge on any atom is 0.330 e. The number of aliphatic hydroxyl groups is 1. The second-order valence-electron chi connectivity index (χ2n) is 6.14. The minimum atomic E-state index is -3.97. The van der Waals surface area contributed by atoms with Gasteiger partial charge in [-0.05, 0) is 52.6 Å². The summed E-state index contributed by atoms with van der Waals surface area (Å²) < 4.78 is 27.0. The van der Waals surface area contributed by atoms with Crippen LogP contribution in [0, 0.1) is 6.92 Å². The van der Waals surface area contributed by atoms with Crippen LogP contribution in [0.4, 0.5) is 5.69 Å². The fourth-order valence-electron chi connectivity index (χ4n) is 3.10. The van der Waals surface area contributed by atoms with Gasteiger partial charge in [0.15, 0.2) is 0 Å². The first-order valence-corrected chi connectivity index (χ1v) is 9.35. The molecule has 6 nitrogen and oxygen atoms in total. The fraction of sp³-hybridized carbons (Fsp3) is 0.0526. The van der Waals surface area contributed by atoms with Crippen molar-refractivity contribution in [2.75, 3.05) is 4.31 Å². The monoisotopic (exact) mass is 368 g/mol. The zero-order chi connectivity index (χ0) is 18.5. The third-order valence-corrected chi connectivity index (χ3v) is 5.65. The Labute approximate surface area is 150 Å². The van der Waals surface area contributed by atoms with Gasteiger partial charge in [-0.3, -0.25) is 0 Å². The number of aryl methyl sites for hydroxylation is 1. The van der Waals surface area contributed by atoms with Gasteiger partial charge < -0.3 is 10.2 Å². The van der Waals surface area contributed by atoms with Crippen molar-refractivity contribution in [2.45, 2.75) is 6.92 Å². The van der Waals surface area contributed by atoms with Crippen molar-refractivity contribution < 1.29 is 18.6 Å². The molecule has 3 N–H and O–H groups in total. The first kappa shape index (κ1) is 16.3. The number of hydrogen-bond acceptors (Lipinski definition) is 4. The lowest BCUT2D eigenvalue weighted by Crippen LogP contribution is -2.29. The number of phenols is 1. The van der Waals surface area contributed by atoms with Crippen molar-refractivity contribution in [1.29, 1.82) is 0 Å². The molecule has 26 heavy (non-hydrogen) atoms. The number of anilines is 1. The number of nitrogens with zero attached hydrogens (tertiary/aromatic N) is 1. The number of aromatic hydroxyl groups is 1. The Hall–Kier alpha value is -3.19. The van der Waals surface area contributed by atoms with E-state index in [1.54, 1.807) is 6.07 Å². The highest BCUT2D eigenvalue weighted by molar-refractivity contribution is 7.91. The molecular formula is C19H16N2O4S. The van der Waals surface area contributed by atoms with Gasteiger partial charge in [0, 0.05) is 0 Å². The van der Waals surface area contributed by atoms with Gasteiger partial charge in [-0.25, -0.2) is 9.03 Å². The van der Waals surface area contributed by atoms with Crippen LogP contribution in [0.1, 0.15) is 5.56 Å². The first-order valence-electron chi connectivity index (χ1n) is 7.91. The normalized spacial score (nSPS) is 15.7. The summed E-state index contributed by atoms with van der Waals surface area (Å²) in [6.07, 6.45) is 1.02. The Bertz CT molecular complexity index is 1170. The molecule has 4 rings (SSSR count). The van der Waals surface area contributed by atoms with Crippen LogP contribution in [0.15, 0.2) is 66.7 Å². The predicted molar refractivity (Wildman–Crippen MR) is 101 cm³/mol. The Kier molecular flexibility index (Phi) is 3.55. The van der Waals surface area contributed by atoms with Crippen LogP contribution in [0.25, 0.3) is 21.9 Å². The van der Waals surface area contributed by atoms with E-state index >= 15 is 0 Å². The number of nitrogens with one attached hydrogen (secondary N) is 1. The molecule has 0 fully saturated rings. The third kappa shape index (κ3) is 2.62. The smallest absolute Gasteiger partial charge is 0.330 e. The second-order valence-corrected chi connectivity index (χ2v) is 7.68. The lowest BCUT2D eigenvalue weighted by Gasteiger charge is -2.16. The number of rotatable bonds is 2. The average Bonchev–Trinajstić information content (AvgIpc) is 2.86. The summed E-state index contributed by atoms with van der Waals surface area (Å²) in [5.41, 5.74) is 3.27. The number of phenolic OH excluding ortho intramolecular Hbond substituents is 1. The quantitative estimate of drug-likeness (QED) is 0.645. The molecule has 1 aliphatic rings. The number of benzene rings is 3. The van der Waals surface area contributed by atoms with E-state index in [9.17, 15) is 18.6 Å². The molecule has 132 valence electrons. The molecule has 0 bridgehead atoms. The summed E-state index contributed by atoms with van der Waals surface area (Å²) in [7, 11) is -3.97. The Morgan fingerprint density at radius 1 is 0.962 bits per heavy atom. The van der Waals surface area contributed by atoms with Gasteiger partial charge in [0.1, 0.15) is 11.4 Å². The summed E-state index contributed by atoms with van der Waals surface area (Å²) in [4.78, 5) is 0. The molecule has 3 aromatic carbocycles. The van der Waals surface area contributed by atoms with E-state index in [4.69, 9.17) is 0 Å². The van der Waals surface area contributed by atoms with Crippen LogP contribution in [0.2, 0.25) is 0 Å². The number of hydrogen-bond donors (Lipinski definition) is 3. The molecule has 0 atom stereocenters. The fourth-order valence-corrected chi connectivity index (χ4v) is 4.16. The lowest BCUT2D eigenvalue weighted by molar-refractivity contribution is 0.392. The minimum Gasteiger partial charge on any atom is -0.506 e. The van der Waals surface area contributed by atoms with Crippen molar-refractivity contribution in [2.24, 2.45) is 0 Å². The molecule has 0 spiro atoms.